The molecule has 4 heteroatoms. The minimum absolute atomic E-state index is 0.0735. The number of fused-ring (bicyclic) bond motifs is 1. The van der Waals surface area contributed by atoms with E-state index in [0.29, 0.717) is 6.61 Å². The maximum Gasteiger partial charge on any atom is 0.119 e. The number of allylic oxidation sites excluding steroid dienone is 1. The highest BCUT2D eigenvalue weighted by atomic mass is 35.5. The zero-order valence-electron chi connectivity index (χ0n) is 15.4. The van der Waals surface area contributed by atoms with Gasteiger partial charge < -0.3 is 9.47 Å². The molecule has 0 radical (unpaired) electrons. The van der Waals surface area contributed by atoms with Crippen LogP contribution >= 0.6 is 11.6 Å². The van der Waals surface area contributed by atoms with Crippen molar-refractivity contribution in [3.05, 3.63) is 70.3 Å². The van der Waals surface area contributed by atoms with Crippen molar-refractivity contribution in [1.29, 1.82) is 0 Å². The maximum atomic E-state index is 5.95. The predicted molar refractivity (Wildman–Crippen MR) is 109 cm³/mol. The number of halogens is 1. The quantitative estimate of drug-likeness (QED) is 0.700. The molecule has 0 spiro atoms. The Balaban J connectivity index is 1.79. The summed E-state index contributed by atoms with van der Waals surface area (Å²) in [4.78, 5) is 4.82. The van der Waals surface area contributed by atoms with E-state index in [2.05, 4.69) is 31.2 Å². The highest BCUT2D eigenvalue weighted by molar-refractivity contribution is 6.30. The molecule has 2 aromatic rings. The molecule has 0 aliphatic carbocycles. The van der Waals surface area contributed by atoms with Gasteiger partial charge in [-0.05, 0) is 67.8 Å². The highest BCUT2D eigenvalue weighted by Crippen LogP contribution is 2.25. The summed E-state index contributed by atoms with van der Waals surface area (Å²) < 4.78 is 11.1. The fourth-order valence-corrected chi connectivity index (χ4v) is 3.04. The number of nitrogens with zero attached hydrogens (tertiary/aromatic N) is 1. The number of ether oxygens (including phenoxy) is 2. The molecule has 2 atom stereocenters. The first-order chi connectivity index (χ1) is 12.5. The zero-order valence-corrected chi connectivity index (χ0v) is 16.2. The predicted octanol–water partition coefficient (Wildman–Crippen LogP) is 5.20. The second-order valence-corrected chi connectivity index (χ2v) is 7.07. The zero-order chi connectivity index (χ0) is 18.5. The van der Waals surface area contributed by atoms with E-state index in [0.717, 1.165) is 28.5 Å². The van der Waals surface area contributed by atoms with Crippen molar-refractivity contribution in [2.24, 2.45) is 4.99 Å². The molecule has 1 aliphatic rings. The first-order valence-corrected chi connectivity index (χ1v) is 9.23. The Hall–Kier alpha value is -2.10. The van der Waals surface area contributed by atoms with Gasteiger partial charge >= 0.3 is 0 Å². The summed E-state index contributed by atoms with van der Waals surface area (Å²) in [7, 11) is 1.69. The molecule has 0 fully saturated rings. The monoisotopic (exact) mass is 369 g/mol. The lowest BCUT2D eigenvalue weighted by atomic mass is 9.93. The van der Waals surface area contributed by atoms with Gasteiger partial charge in [0.1, 0.15) is 12.4 Å². The average molecular weight is 370 g/mol. The van der Waals surface area contributed by atoms with E-state index in [1.165, 1.54) is 11.1 Å². The van der Waals surface area contributed by atoms with Gasteiger partial charge in [0.15, 0.2) is 0 Å². The summed E-state index contributed by atoms with van der Waals surface area (Å²) in [5.74, 6) is 0.878. The van der Waals surface area contributed by atoms with E-state index in [1.54, 1.807) is 7.11 Å². The molecule has 2 aromatic carbocycles. The minimum Gasteiger partial charge on any atom is -0.491 e. The molecular weight excluding hydrogens is 346 g/mol. The second-order valence-electron chi connectivity index (χ2n) is 6.63. The van der Waals surface area contributed by atoms with E-state index in [-0.39, 0.29) is 12.1 Å². The normalized spacial score (nSPS) is 17.7. The lowest BCUT2D eigenvalue weighted by Gasteiger charge is -2.21. The third kappa shape index (κ3) is 4.75. The van der Waals surface area contributed by atoms with Gasteiger partial charge in [-0.2, -0.15) is 0 Å². The second kappa shape index (κ2) is 8.52. The van der Waals surface area contributed by atoms with Gasteiger partial charge in [-0.15, -0.1) is 0 Å². The molecule has 0 N–H and O–H groups in total. The topological polar surface area (TPSA) is 30.8 Å². The third-order valence-electron chi connectivity index (χ3n) is 4.42. The van der Waals surface area contributed by atoms with Crippen LogP contribution in [0.3, 0.4) is 0 Å². The van der Waals surface area contributed by atoms with Crippen LogP contribution in [0.25, 0.3) is 6.08 Å². The van der Waals surface area contributed by atoms with Gasteiger partial charge in [-0.1, -0.05) is 29.8 Å². The van der Waals surface area contributed by atoms with Gasteiger partial charge in [0.2, 0.25) is 0 Å². The molecule has 0 saturated heterocycles. The highest BCUT2D eigenvalue weighted by Gasteiger charge is 2.17. The molecule has 0 aromatic heterocycles. The van der Waals surface area contributed by atoms with E-state index in [1.807, 2.05) is 37.3 Å². The summed E-state index contributed by atoms with van der Waals surface area (Å²) >= 11 is 5.95. The summed E-state index contributed by atoms with van der Waals surface area (Å²) in [6, 6.07) is 14.3. The van der Waals surface area contributed by atoms with Gasteiger partial charge in [0.05, 0.1) is 17.9 Å². The van der Waals surface area contributed by atoms with Crippen LogP contribution in [-0.2, 0) is 11.2 Å². The minimum atomic E-state index is 0.0735. The number of hydrogen-bond donors (Lipinski definition) is 0. The molecular formula is C22H24ClNO2. The van der Waals surface area contributed by atoms with Crippen LogP contribution < -0.4 is 4.74 Å². The molecule has 1 heterocycles. The Morgan fingerprint density at radius 3 is 2.69 bits per heavy atom. The lowest BCUT2D eigenvalue weighted by Crippen LogP contribution is -2.19. The number of methoxy groups -OCH3 is 1. The van der Waals surface area contributed by atoms with Crippen molar-refractivity contribution in [1.82, 2.24) is 0 Å². The molecule has 0 saturated carbocycles. The molecule has 0 bridgehead atoms. The Kier molecular flexibility index (Phi) is 6.12. The Morgan fingerprint density at radius 1 is 1.19 bits per heavy atom. The van der Waals surface area contributed by atoms with Crippen LogP contribution in [-0.4, -0.2) is 31.6 Å². The van der Waals surface area contributed by atoms with Gasteiger partial charge in [-0.25, -0.2) is 0 Å². The Morgan fingerprint density at radius 2 is 1.96 bits per heavy atom. The third-order valence-corrected chi connectivity index (χ3v) is 4.67. The SMILES string of the molecule is COC(C)COc1ccc2c(c1)CC(C)N=C2C=Cc1ccc(Cl)cc1. The van der Waals surface area contributed by atoms with Crippen LogP contribution in [0.5, 0.6) is 5.75 Å². The summed E-state index contributed by atoms with van der Waals surface area (Å²) in [5, 5.41) is 0.742. The maximum absolute atomic E-state index is 5.95. The van der Waals surface area contributed by atoms with Crippen molar-refractivity contribution in [2.75, 3.05) is 13.7 Å². The molecule has 136 valence electrons. The average Bonchev–Trinajstić information content (AvgIpc) is 2.65. The van der Waals surface area contributed by atoms with Crippen molar-refractivity contribution in [2.45, 2.75) is 32.4 Å². The largest absolute Gasteiger partial charge is 0.491 e. The van der Waals surface area contributed by atoms with Crippen LogP contribution in [0, 0.1) is 0 Å². The van der Waals surface area contributed by atoms with Crippen LogP contribution in [0.15, 0.2) is 53.5 Å². The van der Waals surface area contributed by atoms with Crippen molar-refractivity contribution < 1.29 is 9.47 Å². The van der Waals surface area contributed by atoms with Crippen molar-refractivity contribution in [3.63, 3.8) is 0 Å². The molecule has 1 aliphatic heterocycles. The van der Waals surface area contributed by atoms with E-state index < -0.39 is 0 Å². The van der Waals surface area contributed by atoms with Gasteiger partial charge in [0.25, 0.3) is 0 Å². The summed E-state index contributed by atoms with van der Waals surface area (Å²) in [6.07, 6.45) is 5.14. The summed E-state index contributed by atoms with van der Waals surface area (Å²) in [5.41, 5.74) is 4.54. The standard InChI is InChI=1S/C22H24ClNO2/c1-15-12-18-13-20(26-14-16(2)25-3)9-10-21(18)22(24-15)11-6-17-4-7-19(23)8-5-17/h4-11,13,15-16H,12,14H2,1-3H3. The number of benzene rings is 2. The Bertz CT molecular complexity index is 811. The molecule has 26 heavy (non-hydrogen) atoms. The number of aliphatic imine (C=N–C) groups is 1. The Labute approximate surface area is 160 Å². The summed E-state index contributed by atoms with van der Waals surface area (Å²) in [6.45, 7) is 4.68. The first-order valence-electron chi connectivity index (χ1n) is 8.85. The molecule has 0 amide bonds. The van der Waals surface area contributed by atoms with E-state index in [9.17, 15) is 0 Å². The van der Waals surface area contributed by atoms with Gasteiger partial charge in [0, 0.05) is 17.7 Å². The van der Waals surface area contributed by atoms with Crippen molar-refractivity contribution in [3.8, 4) is 5.75 Å². The smallest absolute Gasteiger partial charge is 0.119 e. The fraction of sp³-hybridized carbons (Fsp3) is 0.318. The first kappa shape index (κ1) is 18.7. The van der Waals surface area contributed by atoms with Crippen molar-refractivity contribution >= 4 is 23.4 Å². The van der Waals surface area contributed by atoms with Crippen LogP contribution in [0.4, 0.5) is 0 Å². The number of rotatable bonds is 6. The van der Waals surface area contributed by atoms with E-state index >= 15 is 0 Å². The van der Waals surface area contributed by atoms with E-state index in [4.69, 9.17) is 26.1 Å². The molecule has 2 unspecified atom stereocenters. The lowest BCUT2D eigenvalue weighted by molar-refractivity contribution is 0.0716. The van der Waals surface area contributed by atoms with Gasteiger partial charge in [-0.3, -0.25) is 4.99 Å². The molecule has 3 nitrogen and oxygen atoms in total. The number of hydrogen-bond acceptors (Lipinski definition) is 3. The fourth-order valence-electron chi connectivity index (χ4n) is 2.91. The van der Waals surface area contributed by atoms with Crippen LogP contribution in [0.1, 0.15) is 30.5 Å². The van der Waals surface area contributed by atoms with Crippen LogP contribution in [0.2, 0.25) is 5.02 Å². The molecule has 3 rings (SSSR count).